The third kappa shape index (κ3) is 1.02. The molecule has 1 heteroatoms. The van der Waals surface area contributed by atoms with Gasteiger partial charge in [-0.3, -0.25) is 0 Å². The normalized spacial score (nSPS) is 69.8. The molecule has 7 saturated carbocycles. The zero-order valence-corrected chi connectivity index (χ0v) is 12.9. The minimum Gasteiger partial charge on any atom is -0.355 e. The van der Waals surface area contributed by atoms with Gasteiger partial charge in [-0.15, -0.1) is 0 Å². The molecule has 0 aliphatic heterocycles. The summed E-state index contributed by atoms with van der Waals surface area (Å²) in [5.41, 5.74) is 6.57. The van der Waals surface area contributed by atoms with Crippen molar-refractivity contribution in [1.29, 1.82) is 0 Å². The Kier molecular flexibility index (Phi) is 1.79. The number of rotatable bonds is 1. The molecular formula is C18H30N+. The van der Waals surface area contributed by atoms with E-state index in [0.29, 0.717) is 16.9 Å². The molecule has 0 aromatic carbocycles. The summed E-state index contributed by atoms with van der Waals surface area (Å²) in [6, 6.07) is 0.665. The minimum atomic E-state index is 0.626. The Bertz CT molecular complexity index is 427. The molecule has 0 aromatic heterocycles. The molecule has 7 rings (SSSR count). The van der Waals surface area contributed by atoms with Gasteiger partial charge in [0.25, 0.3) is 0 Å². The highest BCUT2D eigenvalue weighted by atomic mass is 14.8. The van der Waals surface area contributed by atoms with Gasteiger partial charge in [0.2, 0.25) is 0 Å². The standard InChI is InChI=1S/C18H29N/c1-10(19)18-7-14-12-4-11-5-13(17(12,3)9-18)15(8-18)16(14,2)6-11/h10-15H,4-9,19H2,1-3H3/p+1. The molecule has 8 bridgehead atoms. The van der Waals surface area contributed by atoms with Gasteiger partial charge in [-0.2, -0.15) is 0 Å². The Morgan fingerprint density at radius 2 is 1.47 bits per heavy atom. The molecule has 0 aromatic rings. The van der Waals surface area contributed by atoms with Crippen LogP contribution in [0.5, 0.6) is 0 Å². The van der Waals surface area contributed by atoms with E-state index in [-0.39, 0.29) is 0 Å². The van der Waals surface area contributed by atoms with E-state index < -0.39 is 0 Å². The van der Waals surface area contributed by atoms with Gasteiger partial charge >= 0.3 is 0 Å². The van der Waals surface area contributed by atoms with Crippen molar-refractivity contribution in [3.63, 3.8) is 0 Å². The lowest BCUT2D eigenvalue weighted by atomic mass is 9.25. The molecule has 7 aliphatic carbocycles. The van der Waals surface area contributed by atoms with Crippen molar-refractivity contribution in [2.45, 2.75) is 65.3 Å². The van der Waals surface area contributed by atoms with Gasteiger partial charge in [0.1, 0.15) is 0 Å². The summed E-state index contributed by atoms with van der Waals surface area (Å²) in [4.78, 5) is 0. The number of hydrogen-bond donors (Lipinski definition) is 1. The summed E-state index contributed by atoms with van der Waals surface area (Å²) < 4.78 is 0. The van der Waals surface area contributed by atoms with Gasteiger partial charge in [-0.05, 0) is 85.9 Å². The third-order valence-electron chi connectivity index (χ3n) is 9.29. The average molecular weight is 260 g/mol. The van der Waals surface area contributed by atoms with Crippen molar-refractivity contribution < 1.29 is 5.73 Å². The first-order chi connectivity index (χ1) is 8.89. The highest BCUT2D eigenvalue weighted by molar-refractivity contribution is 5.24. The fraction of sp³-hybridized carbons (Fsp3) is 1.00. The molecule has 5 unspecified atom stereocenters. The second-order valence-corrected chi connectivity index (χ2v) is 9.83. The van der Waals surface area contributed by atoms with Gasteiger partial charge < -0.3 is 5.73 Å². The van der Waals surface area contributed by atoms with Crippen molar-refractivity contribution in [3.8, 4) is 0 Å². The van der Waals surface area contributed by atoms with Crippen LogP contribution in [0.4, 0.5) is 0 Å². The number of quaternary nitrogens is 1. The highest BCUT2D eigenvalue weighted by Gasteiger charge is 2.76. The molecule has 0 radical (unpaired) electrons. The lowest BCUT2D eigenvalue weighted by Gasteiger charge is -2.80. The Labute approximate surface area is 117 Å². The van der Waals surface area contributed by atoms with E-state index in [2.05, 4.69) is 26.5 Å². The van der Waals surface area contributed by atoms with Gasteiger partial charge in [0.15, 0.2) is 0 Å². The van der Waals surface area contributed by atoms with E-state index >= 15 is 0 Å². The van der Waals surface area contributed by atoms with Crippen LogP contribution in [-0.2, 0) is 0 Å². The Balaban J connectivity index is 1.71. The third-order valence-corrected chi connectivity index (χ3v) is 9.29. The minimum absolute atomic E-state index is 0.626. The van der Waals surface area contributed by atoms with Crippen molar-refractivity contribution >= 4 is 0 Å². The summed E-state index contributed by atoms with van der Waals surface area (Å²) in [6.45, 7) is 7.80. The second kappa shape index (κ2) is 2.93. The molecule has 1 nitrogen and oxygen atoms in total. The van der Waals surface area contributed by atoms with E-state index in [1.165, 1.54) is 19.3 Å². The molecule has 0 amide bonds. The van der Waals surface area contributed by atoms with Crippen LogP contribution in [0.15, 0.2) is 0 Å². The summed E-state index contributed by atoms with van der Waals surface area (Å²) in [5, 5.41) is 0. The van der Waals surface area contributed by atoms with Crippen molar-refractivity contribution in [2.24, 2.45) is 45.8 Å². The van der Waals surface area contributed by atoms with Crippen LogP contribution in [0.1, 0.15) is 59.3 Å². The highest BCUT2D eigenvalue weighted by Crippen LogP contribution is 2.82. The van der Waals surface area contributed by atoms with Gasteiger partial charge in [0, 0.05) is 5.41 Å². The first-order valence-electron chi connectivity index (χ1n) is 8.72. The largest absolute Gasteiger partial charge is 0.355 e. The van der Waals surface area contributed by atoms with Crippen LogP contribution in [0, 0.1) is 45.8 Å². The molecule has 106 valence electrons. The first-order valence-corrected chi connectivity index (χ1v) is 8.72. The lowest BCUT2D eigenvalue weighted by molar-refractivity contribution is -0.466. The fourth-order valence-corrected chi connectivity index (χ4v) is 8.61. The van der Waals surface area contributed by atoms with Crippen LogP contribution in [0.3, 0.4) is 0 Å². The van der Waals surface area contributed by atoms with E-state index in [1.807, 2.05) is 0 Å². The van der Waals surface area contributed by atoms with Crippen LogP contribution < -0.4 is 5.73 Å². The SMILES string of the molecule is CC([NH3+])C12CC3C4CC5CC(C(C1)C3(C)C5)C4(C)C2. The zero-order chi connectivity index (χ0) is 13.2. The summed E-state index contributed by atoms with van der Waals surface area (Å²) in [6.07, 6.45) is 9.33. The Morgan fingerprint density at radius 3 is 2.00 bits per heavy atom. The molecule has 3 N–H and O–H groups in total. The summed E-state index contributed by atoms with van der Waals surface area (Å²) in [7, 11) is 0. The molecule has 0 spiro atoms. The summed E-state index contributed by atoms with van der Waals surface area (Å²) in [5.74, 6) is 5.38. The maximum absolute atomic E-state index is 4.51. The van der Waals surface area contributed by atoms with Crippen LogP contribution in [-0.4, -0.2) is 6.04 Å². The van der Waals surface area contributed by atoms with Gasteiger partial charge in [-0.25, -0.2) is 0 Å². The maximum atomic E-state index is 4.51. The predicted molar refractivity (Wildman–Crippen MR) is 76.1 cm³/mol. The Hall–Kier alpha value is -0.0400. The fourth-order valence-electron chi connectivity index (χ4n) is 8.61. The van der Waals surface area contributed by atoms with Crippen molar-refractivity contribution in [1.82, 2.24) is 0 Å². The molecule has 19 heavy (non-hydrogen) atoms. The molecule has 7 fully saturated rings. The lowest BCUT2D eigenvalue weighted by Crippen LogP contribution is -2.78. The van der Waals surface area contributed by atoms with E-state index in [0.717, 1.165) is 35.0 Å². The van der Waals surface area contributed by atoms with Crippen molar-refractivity contribution in [2.75, 3.05) is 0 Å². The smallest absolute Gasteiger partial charge is 0.0872 e. The predicted octanol–water partition coefficient (Wildman–Crippen LogP) is 3.11. The molecular weight excluding hydrogens is 230 g/mol. The maximum Gasteiger partial charge on any atom is 0.0872 e. The van der Waals surface area contributed by atoms with E-state index in [9.17, 15) is 0 Å². The topological polar surface area (TPSA) is 27.6 Å². The first kappa shape index (κ1) is 11.6. The average Bonchev–Trinajstić information content (AvgIpc) is 2.34. The van der Waals surface area contributed by atoms with Crippen molar-refractivity contribution in [3.05, 3.63) is 0 Å². The van der Waals surface area contributed by atoms with E-state index in [1.54, 1.807) is 19.3 Å². The van der Waals surface area contributed by atoms with Crippen LogP contribution in [0.2, 0.25) is 0 Å². The molecule has 0 heterocycles. The number of hydrogen-bond acceptors (Lipinski definition) is 0. The van der Waals surface area contributed by atoms with Crippen LogP contribution >= 0.6 is 0 Å². The molecule has 7 aliphatic rings. The monoisotopic (exact) mass is 260 g/mol. The van der Waals surface area contributed by atoms with Crippen LogP contribution in [0.25, 0.3) is 0 Å². The zero-order valence-electron chi connectivity index (χ0n) is 12.9. The quantitative estimate of drug-likeness (QED) is 0.750. The molecule has 5 atom stereocenters. The second-order valence-electron chi connectivity index (χ2n) is 9.83. The summed E-state index contributed by atoms with van der Waals surface area (Å²) >= 11 is 0. The Morgan fingerprint density at radius 1 is 0.895 bits per heavy atom. The molecule has 0 saturated heterocycles. The van der Waals surface area contributed by atoms with Gasteiger partial charge in [0.05, 0.1) is 6.04 Å². The van der Waals surface area contributed by atoms with Gasteiger partial charge in [-0.1, -0.05) is 13.8 Å². The van der Waals surface area contributed by atoms with E-state index in [4.69, 9.17) is 0 Å².